The van der Waals surface area contributed by atoms with Crippen molar-refractivity contribution < 1.29 is 4.74 Å². The first-order valence-electron chi connectivity index (χ1n) is 8.24. The highest BCUT2D eigenvalue weighted by Gasteiger charge is 2.42. The van der Waals surface area contributed by atoms with E-state index in [4.69, 9.17) is 4.74 Å². The first-order valence-corrected chi connectivity index (χ1v) is 8.24. The van der Waals surface area contributed by atoms with Gasteiger partial charge in [-0.3, -0.25) is 4.90 Å². The van der Waals surface area contributed by atoms with Crippen LogP contribution in [0.1, 0.15) is 52.9 Å². The summed E-state index contributed by atoms with van der Waals surface area (Å²) in [6, 6.07) is 0.735. The van der Waals surface area contributed by atoms with E-state index in [0.29, 0.717) is 17.7 Å². The number of hydrogen-bond acceptors (Lipinski definition) is 3. The molecule has 0 bridgehead atoms. The molecule has 3 aliphatic rings. The van der Waals surface area contributed by atoms with Gasteiger partial charge in [-0.1, -0.05) is 6.92 Å². The molecule has 0 amide bonds. The van der Waals surface area contributed by atoms with Crippen LogP contribution in [-0.4, -0.2) is 48.3 Å². The second kappa shape index (κ2) is 5.34. The van der Waals surface area contributed by atoms with E-state index in [0.717, 1.165) is 25.0 Å². The van der Waals surface area contributed by atoms with Gasteiger partial charge in [-0.2, -0.15) is 0 Å². The van der Waals surface area contributed by atoms with Crippen LogP contribution in [0.4, 0.5) is 0 Å². The van der Waals surface area contributed by atoms with Crippen molar-refractivity contribution >= 4 is 0 Å². The average molecular weight is 266 g/mol. The number of rotatable bonds is 4. The minimum atomic E-state index is 0.320. The molecule has 2 aliphatic heterocycles. The Morgan fingerprint density at radius 2 is 2.05 bits per heavy atom. The van der Waals surface area contributed by atoms with Gasteiger partial charge in [-0.25, -0.2) is 0 Å². The zero-order valence-corrected chi connectivity index (χ0v) is 12.8. The topological polar surface area (TPSA) is 24.5 Å². The van der Waals surface area contributed by atoms with Crippen LogP contribution in [0.25, 0.3) is 0 Å². The predicted octanol–water partition coefficient (Wildman–Crippen LogP) is 2.41. The van der Waals surface area contributed by atoms with Crippen LogP contribution in [0.2, 0.25) is 0 Å². The van der Waals surface area contributed by atoms with Crippen LogP contribution >= 0.6 is 0 Å². The van der Waals surface area contributed by atoms with Crippen molar-refractivity contribution in [3.63, 3.8) is 0 Å². The molecule has 4 atom stereocenters. The lowest BCUT2D eigenvalue weighted by Crippen LogP contribution is -2.64. The van der Waals surface area contributed by atoms with Gasteiger partial charge >= 0.3 is 0 Å². The number of nitrogens with zero attached hydrogens (tertiary/aromatic N) is 1. The Hall–Kier alpha value is -0.120. The number of hydrogen-bond donors (Lipinski definition) is 1. The molecule has 19 heavy (non-hydrogen) atoms. The van der Waals surface area contributed by atoms with Crippen molar-refractivity contribution in [3.05, 3.63) is 0 Å². The maximum Gasteiger partial charge on any atom is 0.0706 e. The van der Waals surface area contributed by atoms with E-state index in [1.165, 1.54) is 38.6 Å². The summed E-state index contributed by atoms with van der Waals surface area (Å²) in [7, 11) is 0. The van der Waals surface area contributed by atoms with Gasteiger partial charge in [0.1, 0.15) is 0 Å². The molecule has 0 spiro atoms. The van der Waals surface area contributed by atoms with E-state index in [2.05, 4.69) is 31.0 Å². The van der Waals surface area contributed by atoms with Gasteiger partial charge < -0.3 is 10.1 Å². The third kappa shape index (κ3) is 2.98. The fourth-order valence-corrected chi connectivity index (χ4v) is 3.71. The zero-order chi connectivity index (χ0) is 13.5. The molecule has 0 radical (unpaired) electrons. The summed E-state index contributed by atoms with van der Waals surface area (Å²) < 4.78 is 6.05. The zero-order valence-electron chi connectivity index (χ0n) is 12.8. The van der Waals surface area contributed by atoms with Crippen molar-refractivity contribution in [2.75, 3.05) is 19.6 Å². The highest BCUT2D eigenvalue weighted by Crippen LogP contribution is 2.36. The largest absolute Gasteiger partial charge is 0.374 e. The molecule has 2 saturated heterocycles. The first-order chi connectivity index (χ1) is 9.10. The summed E-state index contributed by atoms with van der Waals surface area (Å²) in [4.78, 5) is 2.73. The predicted molar refractivity (Wildman–Crippen MR) is 78.4 cm³/mol. The Balaban J connectivity index is 1.63. The lowest BCUT2D eigenvalue weighted by atomic mass is 9.90. The van der Waals surface area contributed by atoms with Crippen molar-refractivity contribution in [3.8, 4) is 0 Å². The number of piperazine rings is 1. The van der Waals surface area contributed by atoms with Gasteiger partial charge in [-0.05, 0) is 51.9 Å². The monoisotopic (exact) mass is 266 g/mol. The molecule has 110 valence electrons. The van der Waals surface area contributed by atoms with Gasteiger partial charge in [0, 0.05) is 31.2 Å². The van der Waals surface area contributed by atoms with Crippen LogP contribution in [0.15, 0.2) is 0 Å². The summed E-state index contributed by atoms with van der Waals surface area (Å²) >= 11 is 0. The van der Waals surface area contributed by atoms with Crippen molar-refractivity contribution in [1.82, 2.24) is 10.2 Å². The molecule has 2 heterocycles. The fraction of sp³-hybridized carbons (Fsp3) is 1.00. The van der Waals surface area contributed by atoms with Gasteiger partial charge in [-0.15, -0.1) is 0 Å². The van der Waals surface area contributed by atoms with Crippen molar-refractivity contribution in [2.45, 2.75) is 76.7 Å². The fourth-order valence-electron chi connectivity index (χ4n) is 3.71. The van der Waals surface area contributed by atoms with Crippen LogP contribution in [0, 0.1) is 5.92 Å². The Labute approximate surface area is 118 Å². The highest BCUT2D eigenvalue weighted by molar-refractivity contribution is 5.00. The molecule has 4 unspecified atom stereocenters. The smallest absolute Gasteiger partial charge is 0.0706 e. The van der Waals surface area contributed by atoms with Crippen LogP contribution < -0.4 is 5.32 Å². The standard InChI is InChI=1S/C16H30N2O/c1-4-16(3)11-17-15(13-6-7-13)10-18(16)9-14-8-5-12(2)19-14/h12-15,17H,4-11H2,1-3H3. The first kappa shape index (κ1) is 13.8. The maximum absolute atomic E-state index is 6.05. The number of nitrogens with one attached hydrogen (secondary N) is 1. The highest BCUT2D eigenvalue weighted by atomic mass is 16.5. The summed E-state index contributed by atoms with van der Waals surface area (Å²) in [5.41, 5.74) is 0.320. The summed E-state index contributed by atoms with van der Waals surface area (Å²) in [5.74, 6) is 0.951. The Kier molecular flexibility index (Phi) is 3.89. The molecule has 3 fully saturated rings. The lowest BCUT2D eigenvalue weighted by molar-refractivity contribution is -0.0204. The molecule has 1 aliphatic carbocycles. The lowest BCUT2D eigenvalue weighted by Gasteiger charge is -2.49. The van der Waals surface area contributed by atoms with Crippen molar-refractivity contribution in [1.29, 1.82) is 0 Å². The molecule has 0 aromatic heterocycles. The molecule has 3 nitrogen and oxygen atoms in total. The molecule has 1 N–H and O–H groups in total. The second-order valence-electron chi connectivity index (χ2n) is 7.23. The van der Waals surface area contributed by atoms with Gasteiger partial charge in [0.15, 0.2) is 0 Å². The normalized spacial score (nSPS) is 44.7. The van der Waals surface area contributed by atoms with E-state index < -0.39 is 0 Å². The third-order valence-electron chi connectivity index (χ3n) is 5.62. The van der Waals surface area contributed by atoms with Crippen molar-refractivity contribution in [2.24, 2.45) is 5.92 Å². The van der Waals surface area contributed by atoms with E-state index in [1.807, 2.05) is 0 Å². The molecule has 3 rings (SSSR count). The van der Waals surface area contributed by atoms with Crippen LogP contribution in [0.3, 0.4) is 0 Å². The van der Waals surface area contributed by atoms with Crippen LogP contribution in [-0.2, 0) is 4.74 Å². The molecule has 0 aromatic rings. The van der Waals surface area contributed by atoms with E-state index in [9.17, 15) is 0 Å². The molecule has 1 saturated carbocycles. The molecule has 0 aromatic carbocycles. The summed E-state index contributed by atoms with van der Waals surface area (Å²) in [5, 5.41) is 3.80. The molecule has 3 heteroatoms. The molecular formula is C16H30N2O. The van der Waals surface area contributed by atoms with E-state index in [-0.39, 0.29) is 0 Å². The minimum Gasteiger partial charge on any atom is -0.374 e. The third-order valence-corrected chi connectivity index (χ3v) is 5.62. The van der Waals surface area contributed by atoms with Gasteiger partial charge in [0.2, 0.25) is 0 Å². The quantitative estimate of drug-likeness (QED) is 0.845. The SMILES string of the molecule is CCC1(C)CNC(C2CC2)CN1CC1CCC(C)O1. The Morgan fingerprint density at radius 3 is 2.63 bits per heavy atom. The van der Waals surface area contributed by atoms with E-state index >= 15 is 0 Å². The number of ether oxygens (including phenoxy) is 1. The van der Waals surface area contributed by atoms with E-state index in [1.54, 1.807) is 0 Å². The molecular weight excluding hydrogens is 236 g/mol. The Bertz CT molecular complexity index is 318. The second-order valence-corrected chi connectivity index (χ2v) is 7.23. The average Bonchev–Trinajstić information content (AvgIpc) is 3.16. The van der Waals surface area contributed by atoms with Crippen LogP contribution in [0.5, 0.6) is 0 Å². The summed E-state index contributed by atoms with van der Waals surface area (Å²) in [6.07, 6.45) is 7.53. The Morgan fingerprint density at radius 1 is 1.26 bits per heavy atom. The van der Waals surface area contributed by atoms with Gasteiger partial charge in [0.05, 0.1) is 12.2 Å². The minimum absolute atomic E-state index is 0.320. The van der Waals surface area contributed by atoms with Gasteiger partial charge in [0.25, 0.3) is 0 Å². The summed E-state index contributed by atoms with van der Waals surface area (Å²) in [6.45, 7) is 10.5. The maximum atomic E-state index is 6.05.